The van der Waals surface area contributed by atoms with Crippen molar-refractivity contribution < 1.29 is 14.7 Å². The van der Waals surface area contributed by atoms with Crippen molar-refractivity contribution in [1.29, 1.82) is 0 Å². The monoisotopic (exact) mass is 296 g/mol. The molecule has 0 aromatic heterocycles. The first-order valence-corrected chi connectivity index (χ1v) is 8.11. The summed E-state index contributed by atoms with van der Waals surface area (Å²) in [6, 6.07) is 0.00890. The van der Waals surface area contributed by atoms with Crippen LogP contribution in [0.2, 0.25) is 0 Å². The minimum Gasteiger partial charge on any atom is -0.481 e. The number of carboxylic acids is 1. The third-order valence-corrected chi connectivity index (χ3v) is 5.28. The average molecular weight is 296 g/mol. The first-order chi connectivity index (χ1) is 9.83. The summed E-state index contributed by atoms with van der Waals surface area (Å²) in [4.78, 5) is 23.4. The van der Waals surface area contributed by atoms with Crippen LogP contribution < -0.4 is 10.6 Å². The highest BCUT2D eigenvalue weighted by atomic mass is 16.4. The molecule has 0 aliphatic heterocycles. The normalized spacial score (nSPS) is 24.5. The molecular weight excluding hydrogens is 268 g/mol. The van der Waals surface area contributed by atoms with E-state index in [1.54, 1.807) is 0 Å². The Morgan fingerprint density at radius 2 is 1.67 bits per heavy atom. The van der Waals surface area contributed by atoms with Gasteiger partial charge in [0.15, 0.2) is 0 Å². The fourth-order valence-corrected chi connectivity index (χ4v) is 3.55. The fourth-order valence-electron chi connectivity index (χ4n) is 3.55. The van der Waals surface area contributed by atoms with Gasteiger partial charge in [-0.05, 0) is 43.9 Å². The molecule has 2 saturated carbocycles. The van der Waals surface area contributed by atoms with E-state index in [2.05, 4.69) is 24.5 Å². The highest BCUT2D eigenvalue weighted by molar-refractivity contribution is 5.78. The molecule has 0 heterocycles. The second kappa shape index (κ2) is 6.24. The molecule has 0 spiro atoms. The Kier molecular flexibility index (Phi) is 4.79. The standard InChI is InChI=1S/C16H28N2O3/c1-15(2)9-5-12(6-10-15)18-14(21)17-11-16(13(19)20)7-3-4-8-16/h12H,3-11H2,1-2H3,(H,19,20)(H2,17,18,21). The van der Waals surface area contributed by atoms with Gasteiger partial charge in [0.1, 0.15) is 0 Å². The van der Waals surface area contributed by atoms with Crippen LogP contribution in [-0.2, 0) is 4.79 Å². The van der Waals surface area contributed by atoms with E-state index in [1.807, 2.05) is 0 Å². The zero-order chi connectivity index (χ0) is 15.5. The van der Waals surface area contributed by atoms with Gasteiger partial charge in [-0.1, -0.05) is 26.7 Å². The number of carbonyl (C=O) groups excluding carboxylic acids is 1. The van der Waals surface area contributed by atoms with E-state index < -0.39 is 11.4 Å². The van der Waals surface area contributed by atoms with Crippen LogP contribution in [0.25, 0.3) is 0 Å². The van der Waals surface area contributed by atoms with Crippen molar-refractivity contribution >= 4 is 12.0 Å². The Morgan fingerprint density at radius 1 is 1.10 bits per heavy atom. The summed E-state index contributed by atoms with van der Waals surface area (Å²) in [6.45, 7) is 4.77. The van der Waals surface area contributed by atoms with Crippen LogP contribution >= 0.6 is 0 Å². The lowest BCUT2D eigenvalue weighted by Gasteiger charge is -2.34. The molecule has 3 N–H and O–H groups in total. The zero-order valence-electron chi connectivity index (χ0n) is 13.2. The van der Waals surface area contributed by atoms with Crippen molar-refractivity contribution in [2.75, 3.05) is 6.54 Å². The molecule has 2 aliphatic carbocycles. The number of hydrogen-bond acceptors (Lipinski definition) is 2. The number of carboxylic acid groups (broad SMARTS) is 1. The maximum absolute atomic E-state index is 12.0. The van der Waals surface area contributed by atoms with Gasteiger partial charge in [0.2, 0.25) is 0 Å². The minimum atomic E-state index is -0.778. The van der Waals surface area contributed by atoms with Crippen molar-refractivity contribution in [3.05, 3.63) is 0 Å². The Hall–Kier alpha value is -1.26. The second-order valence-electron chi connectivity index (χ2n) is 7.56. The number of amides is 2. The van der Waals surface area contributed by atoms with Crippen molar-refractivity contribution in [2.24, 2.45) is 10.8 Å². The second-order valence-corrected chi connectivity index (χ2v) is 7.56. The van der Waals surface area contributed by atoms with E-state index in [1.165, 1.54) is 0 Å². The van der Waals surface area contributed by atoms with Gasteiger partial charge in [-0.15, -0.1) is 0 Å². The lowest BCUT2D eigenvalue weighted by atomic mass is 9.76. The topological polar surface area (TPSA) is 78.4 Å². The summed E-state index contributed by atoms with van der Waals surface area (Å²) < 4.78 is 0. The molecule has 0 aromatic rings. The number of carbonyl (C=O) groups is 2. The highest BCUT2D eigenvalue weighted by Crippen LogP contribution is 2.38. The molecule has 0 saturated heterocycles. The summed E-state index contributed by atoms with van der Waals surface area (Å²) in [5.41, 5.74) is -0.363. The quantitative estimate of drug-likeness (QED) is 0.746. The molecular formula is C16H28N2O3. The average Bonchev–Trinajstić information content (AvgIpc) is 2.89. The van der Waals surface area contributed by atoms with Crippen LogP contribution in [0.4, 0.5) is 4.79 Å². The molecule has 2 aliphatic rings. The summed E-state index contributed by atoms with van der Waals surface area (Å²) >= 11 is 0. The summed E-state index contributed by atoms with van der Waals surface area (Å²) in [5.74, 6) is -0.778. The first kappa shape index (κ1) is 16.1. The molecule has 120 valence electrons. The minimum absolute atomic E-state index is 0.216. The van der Waals surface area contributed by atoms with Gasteiger partial charge in [-0.2, -0.15) is 0 Å². The summed E-state index contributed by atoms with van der Waals surface area (Å²) in [6.07, 6.45) is 7.46. The van der Waals surface area contributed by atoms with Gasteiger partial charge in [-0.25, -0.2) is 4.79 Å². The van der Waals surface area contributed by atoms with Gasteiger partial charge in [0, 0.05) is 12.6 Å². The van der Waals surface area contributed by atoms with Gasteiger partial charge < -0.3 is 15.7 Å². The van der Waals surface area contributed by atoms with Crippen molar-refractivity contribution in [1.82, 2.24) is 10.6 Å². The summed E-state index contributed by atoms with van der Waals surface area (Å²) in [7, 11) is 0. The molecule has 2 fully saturated rings. The van der Waals surface area contributed by atoms with E-state index in [-0.39, 0.29) is 18.6 Å². The lowest BCUT2D eigenvalue weighted by Crippen LogP contribution is -2.48. The largest absolute Gasteiger partial charge is 0.481 e. The van der Waals surface area contributed by atoms with Gasteiger partial charge in [0.25, 0.3) is 0 Å². The molecule has 21 heavy (non-hydrogen) atoms. The molecule has 0 unspecified atom stereocenters. The number of hydrogen-bond donors (Lipinski definition) is 3. The Bertz CT molecular complexity index is 390. The van der Waals surface area contributed by atoms with Crippen LogP contribution in [0.15, 0.2) is 0 Å². The smallest absolute Gasteiger partial charge is 0.315 e. The van der Waals surface area contributed by atoms with Crippen LogP contribution in [-0.4, -0.2) is 29.7 Å². The Morgan fingerprint density at radius 3 is 2.19 bits per heavy atom. The number of nitrogens with one attached hydrogen (secondary N) is 2. The van der Waals surface area contributed by atoms with Gasteiger partial charge in [-0.3, -0.25) is 4.79 Å². The van der Waals surface area contributed by atoms with Crippen molar-refractivity contribution in [3.63, 3.8) is 0 Å². The fraction of sp³-hybridized carbons (Fsp3) is 0.875. The molecule has 5 heteroatoms. The maximum atomic E-state index is 12.0. The van der Waals surface area contributed by atoms with Crippen molar-refractivity contribution in [3.8, 4) is 0 Å². The number of rotatable bonds is 4. The number of urea groups is 1. The molecule has 0 atom stereocenters. The molecule has 0 radical (unpaired) electrons. The molecule has 5 nitrogen and oxygen atoms in total. The molecule has 0 bridgehead atoms. The Labute approximate surface area is 126 Å². The predicted molar refractivity (Wildman–Crippen MR) is 81.1 cm³/mol. The van der Waals surface area contributed by atoms with Crippen LogP contribution in [0, 0.1) is 10.8 Å². The third kappa shape index (κ3) is 4.11. The SMILES string of the molecule is CC1(C)CCC(NC(=O)NCC2(C(=O)O)CCCC2)CC1. The molecule has 0 aromatic carbocycles. The van der Waals surface area contributed by atoms with E-state index >= 15 is 0 Å². The highest BCUT2D eigenvalue weighted by Gasteiger charge is 2.41. The van der Waals surface area contributed by atoms with E-state index in [0.29, 0.717) is 18.3 Å². The zero-order valence-corrected chi connectivity index (χ0v) is 13.2. The summed E-state index contributed by atoms with van der Waals surface area (Å²) in [5, 5.41) is 15.2. The maximum Gasteiger partial charge on any atom is 0.315 e. The Balaban J connectivity index is 1.76. The predicted octanol–water partition coefficient (Wildman–Crippen LogP) is 2.90. The van der Waals surface area contributed by atoms with E-state index in [4.69, 9.17) is 0 Å². The van der Waals surface area contributed by atoms with E-state index in [0.717, 1.165) is 38.5 Å². The first-order valence-electron chi connectivity index (χ1n) is 8.11. The molecule has 2 amide bonds. The van der Waals surface area contributed by atoms with Crippen LogP contribution in [0.3, 0.4) is 0 Å². The van der Waals surface area contributed by atoms with Crippen LogP contribution in [0.5, 0.6) is 0 Å². The van der Waals surface area contributed by atoms with Gasteiger partial charge >= 0.3 is 12.0 Å². The third-order valence-electron chi connectivity index (χ3n) is 5.28. The van der Waals surface area contributed by atoms with Crippen molar-refractivity contribution in [2.45, 2.75) is 71.3 Å². The lowest BCUT2D eigenvalue weighted by molar-refractivity contribution is -0.148. The van der Waals surface area contributed by atoms with Crippen LogP contribution in [0.1, 0.15) is 65.2 Å². The van der Waals surface area contributed by atoms with E-state index in [9.17, 15) is 14.7 Å². The molecule has 2 rings (SSSR count). The number of aliphatic carboxylic acids is 1. The van der Waals surface area contributed by atoms with Gasteiger partial charge in [0.05, 0.1) is 5.41 Å².